The molecule has 146 valence electrons. The average molecular weight is 427 g/mol. The van der Waals surface area contributed by atoms with Crippen molar-refractivity contribution in [2.75, 3.05) is 17.0 Å². The second-order valence-electron chi connectivity index (χ2n) is 6.86. The number of benzene rings is 2. The molecule has 27 heavy (non-hydrogen) atoms. The number of thioether (sulfide) groups is 1. The van der Waals surface area contributed by atoms with Gasteiger partial charge < -0.3 is 5.32 Å². The van der Waals surface area contributed by atoms with E-state index in [1.807, 2.05) is 0 Å². The van der Waals surface area contributed by atoms with Crippen LogP contribution in [0.3, 0.4) is 0 Å². The number of halogens is 1. The molecule has 0 saturated carbocycles. The van der Waals surface area contributed by atoms with Crippen molar-refractivity contribution in [1.29, 1.82) is 0 Å². The molecule has 0 spiro atoms. The SMILES string of the molecule is CC(C)(C)SCCNC(=O)c1cccc(NS(=O)(=O)c2ccc(Cl)cc2)c1. The second kappa shape index (κ2) is 8.99. The van der Waals surface area contributed by atoms with Crippen molar-refractivity contribution in [3.63, 3.8) is 0 Å². The fraction of sp³-hybridized carbons (Fsp3) is 0.316. The van der Waals surface area contributed by atoms with Gasteiger partial charge in [-0.1, -0.05) is 38.4 Å². The summed E-state index contributed by atoms with van der Waals surface area (Å²) in [6.07, 6.45) is 0. The summed E-state index contributed by atoms with van der Waals surface area (Å²) in [5.74, 6) is 0.565. The maximum atomic E-state index is 12.4. The second-order valence-corrected chi connectivity index (χ2v) is 10.9. The maximum Gasteiger partial charge on any atom is 0.261 e. The molecular weight excluding hydrogens is 404 g/mol. The molecule has 0 aromatic heterocycles. The van der Waals surface area contributed by atoms with Crippen molar-refractivity contribution >= 4 is 45.0 Å². The highest BCUT2D eigenvalue weighted by atomic mass is 35.5. The molecule has 0 saturated heterocycles. The number of hydrogen-bond donors (Lipinski definition) is 2. The van der Waals surface area contributed by atoms with Crippen molar-refractivity contribution in [3.05, 3.63) is 59.1 Å². The van der Waals surface area contributed by atoms with E-state index >= 15 is 0 Å². The van der Waals surface area contributed by atoms with Crippen LogP contribution in [0.2, 0.25) is 5.02 Å². The van der Waals surface area contributed by atoms with Crippen molar-refractivity contribution in [1.82, 2.24) is 5.32 Å². The largest absolute Gasteiger partial charge is 0.351 e. The molecule has 1 amide bonds. The molecule has 2 aromatic rings. The molecule has 0 atom stereocenters. The summed E-state index contributed by atoms with van der Waals surface area (Å²) < 4.78 is 27.5. The summed E-state index contributed by atoms with van der Waals surface area (Å²) in [6.45, 7) is 6.91. The standard InChI is InChI=1S/C19H23ClN2O3S2/c1-19(2,3)26-12-11-21-18(23)14-5-4-6-16(13-14)22-27(24,25)17-9-7-15(20)8-10-17/h4-10,13,22H,11-12H2,1-3H3,(H,21,23). The van der Waals surface area contributed by atoms with Crippen molar-refractivity contribution in [2.24, 2.45) is 0 Å². The van der Waals surface area contributed by atoms with Gasteiger partial charge in [-0.25, -0.2) is 8.42 Å². The van der Waals surface area contributed by atoms with E-state index in [2.05, 4.69) is 30.8 Å². The van der Waals surface area contributed by atoms with Gasteiger partial charge in [0.15, 0.2) is 0 Å². The Hall–Kier alpha value is -1.70. The quantitative estimate of drug-likeness (QED) is 0.643. The molecule has 0 aliphatic heterocycles. The van der Waals surface area contributed by atoms with Crippen LogP contribution in [0.15, 0.2) is 53.4 Å². The van der Waals surface area contributed by atoms with Gasteiger partial charge in [-0.3, -0.25) is 9.52 Å². The molecule has 2 N–H and O–H groups in total. The fourth-order valence-electron chi connectivity index (χ4n) is 2.18. The van der Waals surface area contributed by atoms with E-state index in [1.54, 1.807) is 30.0 Å². The third-order valence-electron chi connectivity index (χ3n) is 3.42. The minimum Gasteiger partial charge on any atom is -0.351 e. The zero-order valence-electron chi connectivity index (χ0n) is 15.5. The van der Waals surface area contributed by atoms with Gasteiger partial charge in [0, 0.05) is 33.3 Å². The summed E-state index contributed by atoms with van der Waals surface area (Å²) in [4.78, 5) is 12.4. The Morgan fingerprint density at radius 3 is 2.41 bits per heavy atom. The number of amides is 1. The lowest BCUT2D eigenvalue weighted by molar-refractivity contribution is 0.0956. The van der Waals surface area contributed by atoms with Gasteiger partial charge in [0.25, 0.3) is 15.9 Å². The maximum absolute atomic E-state index is 12.4. The van der Waals surface area contributed by atoms with Crippen LogP contribution < -0.4 is 10.0 Å². The first-order valence-corrected chi connectivity index (χ1v) is 11.2. The molecule has 0 aliphatic rings. The lowest BCUT2D eigenvalue weighted by atomic mass is 10.2. The minimum absolute atomic E-state index is 0.0981. The minimum atomic E-state index is -3.75. The smallest absolute Gasteiger partial charge is 0.261 e. The monoisotopic (exact) mass is 426 g/mol. The van der Waals surface area contributed by atoms with Crippen LogP contribution in [0, 0.1) is 0 Å². The zero-order valence-corrected chi connectivity index (χ0v) is 17.8. The lowest BCUT2D eigenvalue weighted by Gasteiger charge is -2.17. The van der Waals surface area contributed by atoms with Gasteiger partial charge in [-0.2, -0.15) is 11.8 Å². The highest BCUT2D eigenvalue weighted by Gasteiger charge is 2.15. The highest BCUT2D eigenvalue weighted by molar-refractivity contribution is 8.00. The predicted octanol–water partition coefficient (Wildman–Crippen LogP) is 4.40. The van der Waals surface area contributed by atoms with E-state index in [0.717, 1.165) is 5.75 Å². The predicted molar refractivity (Wildman–Crippen MR) is 113 cm³/mol. The van der Waals surface area contributed by atoms with Gasteiger partial charge in [0.2, 0.25) is 0 Å². The van der Waals surface area contributed by atoms with E-state index < -0.39 is 10.0 Å². The van der Waals surface area contributed by atoms with Crippen LogP contribution in [0.25, 0.3) is 0 Å². The van der Waals surface area contributed by atoms with Gasteiger partial charge in [0.05, 0.1) is 4.90 Å². The fourth-order valence-corrected chi connectivity index (χ4v) is 4.17. The average Bonchev–Trinajstić information content (AvgIpc) is 2.58. The van der Waals surface area contributed by atoms with E-state index in [1.165, 1.54) is 30.3 Å². The van der Waals surface area contributed by atoms with Crippen molar-refractivity contribution in [3.8, 4) is 0 Å². The number of carbonyl (C=O) groups excluding carboxylic acids is 1. The third-order valence-corrected chi connectivity index (χ3v) is 6.35. The number of rotatable bonds is 7. The summed E-state index contributed by atoms with van der Waals surface area (Å²) >= 11 is 7.56. The normalized spacial score (nSPS) is 11.9. The molecule has 0 radical (unpaired) electrons. The molecule has 0 unspecified atom stereocenters. The molecule has 0 heterocycles. The van der Waals surface area contributed by atoms with Crippen LogP contribution in [0.1, 0.15) is 31.1 Å². The first kappa shape index (κ1) is 21.6. The molecular formula is C19H23ClN2O3S2. The molecule has 0 aliphatic carbocycles. The Labute approximate surface area is 169 Å². The van der Waals surface area contributed by atoms with E-state index in [4.69, 9.17) is 11.6 Å². The number of hydrogen-bond acceptors (Lipinski definition) is 4. The molecule has 5 nitrogen and oxygen atoms in total. The Bertz CT molecular complexity index is 892. The summed E-state index contributed by atoms with van der Waals surface area (Å²) in [7, 11) is -3.75. The first-order chi connectivity index (χ1) is 12.6. The Kier molecular flexibility index (Phi) is 7.19. The van der Waals surface area contributed by atoms with Gasteiger partial charge in [0.1, 0.15) is 0 Å². The topological polar surface area (TPSA) is 75.3 Å². The van der Waals surface area contributed by atoms with E-state index in [-0.39, 0.29) is 15.5 Å². The van der Waals surface area contributed by atoms with Gasteiger partial charge in [-0.15, -0.1) is 0 Å². The number of nitrogens with one attached hydrogen (secondary N) is 2. The number of carbonyl (C=O) groups is 1. The number of anilines is 1. The summed E-state index contributed by atoms with van der Waals surface area (Å²) in [5, 5.41) is 3.30. The van der Waals surface area contributed by atoms with Crippen LogP contribution in [-0.2, 0) is 10.0 Å². The summed E-state index contributed by atoms with van der Waals surface area (Å²) in [6, 6.07) is 12.3. The summed E-state index contributed by atoms with van der Waals surface area (Å²) in [5.41, 5.74) is 0.716. The third kappa shape index (κ3) is 7.08. The van der Waals surface area contributed by atoms with Crippen LogP contribution in [-0.4, -0.2) is 31.4 Å². The van der Waals surface area contributed by atoms with Crippen molar-refractivity contribution < 1.29 is 13.2 Å². The molecule has 2 aromatic carbocycles. The van der Waals surface area contributed by atoms with Crippen LogP contribution in [0.4, 0.5) is 5.69 Å². The highest BCUT2D eigenvalue weighted by Crippen LogP contribution is 2.22. The van der Waals surface area contributed by atoms with Gasteiger partial charge >= 0.3 is 0 Å². The van der Waals surface area contributed by atoms with Crippen LogP contribution >= 0.6 is 23.4 Å². The van der Waals surface area contributed by atoms with Crippen LogP contribution in [0.5, 0.6) is 0 Å². The number of sulfonamides is 1. The Morgan fingerprint density at radius 2 is 1.78 bits per heavy atom. The first-order valence-electron chi connectivity index (χ1n) is 8.37. The van der Waals surface area contributed by atoms with Crippen molar-refractivity contribution in [2.45, 2.75) is 30.4 Å². The molecule has 0 bridgehead atoms. The van der Waals surface area contributed by atoms with E-state index in [0.29, 0.717) is 22.8 Å². The molecule has 0 fully saturated rings. The zero-order chi connectivity index (χ0) is 20.1. The Morgan fingerprint density at radius 1 is 1.11 bits per heavy atom. The van der Waals surface area contributed by atoms with Gasteiger partial charge in [-0.05, 0) is 42.5 Å². The molecule has 2 rings (SSSR count). The molecule has 8 heteroatoms. The Balaban J connectivity index is 2.02. The van der Waals surface area contributed by atoms with E-state index in [9.17, 15) is 13.2 Å². The lowest BCUT2D eigenvalue weighted by Crippen LogP contribution is -2.27.